The third-order valence-corrected chi connectivity index (χ3v) is 2.15. The van der Waals surface area contributed by atoms with E-state index in [1.54, 1.807) is 13.8 Å². The monoisotopic (exact) mass is 229 g/mol. The molecule has 2 atom stereocenters. The van der Waals surface area contributed by atoms with E-state index in [-0.39, 0.29) is 18.0 Å². The topological polar surface area (TPSA) is 121 Å². The number of aryl methyl sites for hydroxylation is 1. The van der Waals surface area contributed by atoms with Crippen molar-refractivity contribution in [2.45, 2.75) is 26.1 Å². The Kier molecular flexibility index (Phi) is 3.86. The smallest absolute Gasteiger partial charge is 0.338 e. The van der Waals surface area contributed by atoms with E-state index in [2.05, 4.69) is 14.9 Å². The van der Waals surface area contributed by atoms with E-state index in [9.17, 15) is 15.0 Å². The van der Waals surface area contributed by atoms with Gasteiger partial charge in [-0.25, -0.2) is 4.79 Å². The van der Waals surface area contributed by atoms with E-state index < -0.39 is 18.2 Å². The molecule has 1 heterocycles. The molecule has 90 valence electrons. The highest BCUT2D eigenvalue weighted by atomic mass is 16.5. The first-order valence-electron chi connectivity index (χ1n) is 4.82. The van der Waals surface area contributed by atoms with Crippen LogP contribution < -0.4 is 5.73 Å². The molecule has 0 saturated heterocycles. The van der Waals surface area contributed by atoms with E-state index in [4.69, 9.17) is 5.73 Å². The van der Waals surface area contributed by atoms with Crippen LogP contribution in [0.2, 0.25) is 0 Å². The summed E-state index contributed by atoms with van der Waals surface area (Å²) >= 11 is 0. The molecule has 7 heteroatoms. The van der Waals surface area contributed by atoms with Crippen LogP contribution >= 0.6 is 0 Å². The second-order valence-corrected chi connectivity index (χ2v) is 3.29. The Morgan fingerprint density at radius 3 is 2.69 bits per heavy atom. The van der Waals surface area contributed by atoms with Crippen molar-refractivity contribution in [3.8, 4) is 0 Å². The summed E-state index contributed by atoms with van der Waals surface area (Å²) in [6.45, 7) is 3.36. The molecule has 0 aromatic carbocycles. The molecule has 1 rings (SSSR count). The van der Waals surface area contributed by atoms with Gasteiger partial charge in [0.05, 0.1) is 6.61 Å². The minimum atomic E-state index is -1.67. The maximum atomic E-state index is 11.2. The second kappa shape index (κ2) is 4.95. The van der Waals surface area contributed by atoms with Crippen LogP contribution in [0.5, 0.6) is 0 Å². The van der Waals surface area contributed by atoms with Crippen molar-refractivity contribution in [1.82, 2.24) is 10.2 Å². The summed E-state index contributed by atoms with van der Waals surface area (Å²) in [7, 11) is 0. The molecular formula is C9H15N3O4. The van der Waals surface area contributed by atoms with Crippen LogP contribution in [0.25, 0.3) is 0 Å². The van der Waals surface area contributed by atoms with Gasteiger partial charge >= 0.3 is 5.97 Å². The lowest BCUT2D eigenvalue weighted by Gasteiger charge is -2.16. The van der Waals surface area contributed by atoms with Gasteiger partial charge < -0.3 is 20.7 Å². The highest BCUT2D eigenvalue weighted by molar-refractivity contribution is 5.75. The fourth-order valence-corrected chi connectivity index (χ4v) is 1.34. The SMILES string of the molecule is CCOC(=O)C(O)C(O)c1c(N)n[nH]c1C. The van der Waals surface area contributed by atoms with Crippen molar-refractivity contribution in [3.05, 3.63) is 11.3 Å². The third kappa shape index (κ3) is 2.31. The number of esters is 1. The lowest BCUT2D eigenvalue weighted by Crippen LogP contribution is -2.30. The Morgan fingerprint density at radius 2 is 2.25 bits per heavy atom. The number of ether oxygens (including phenoxy) is 1. The van der Waals surface area contributed by atoms with Crippen molar-refractivity contribution in [3.63, 3.8) is 0 Å². The summed E-state index contributed by atoms with van der Waals surface area (Å²) in [6, 6.07) is 0. The number of nitrogens with zero attached hydrogens (tertiary/aromatic N) is 1. The van der Waals surface area contributed by atoms with Crippen LogP contribution in [-0.4, -0.2) is 39.1 Å². The van der Waals surface area contributed by atoms with Gasteiger partial charge in [-0.3, -0.25) is 5.10 Å². The zero-order chi connectivity index (χ0) is 12.3. The van der Waals surface area contributed by atoms with Gasteiger partial charge in [0.15, 0.2) is 11.9 Å². The maximum absolute atomic E-state index is 11.2. The average molecular weight is 229 g/mol. The largest absolute Gasteiger partial charge is 0.464 e. The molecule has 0 spiro atoms. The minimum Gasteiger partial charge on any atom is -0.464 e. The van der Waals surface area contributed by atoms with E-state index in [0.29, 0.717) is 5.69 Å². The van der Waals surface area contributed by atoms with Gasteiger partial charge in [-0.1, -0.05) is 0 Å². The quantitative estimate of drug-likeness (QED) is 0.504. The number of anilines is 1. The number of aliphatic hydroxyl groups is 2. The zero-order valence-corrected chi connectivity index (χ0v) is 9.10. The number of nitrogens with one attached hydrogen (secondary N) is 1. The Morgan fingerprint density at radius 1 is 1.62 bits per heavy atom. The summed E-state index contributed by atoms with van der Waals surface area (Å²) in [5, 5.41) is 25.5. The van der Waals surface area contributed by atoms with Crippen LogP contribution in [0.3, 0.4) is 0 Å². The molecule has 2 unspecified atom stereocenters. The van der Waals surface area contributed by atoms with Gasteiger partial charge in [-0.2, -0.15) is 5.10 Å². The van der Waals surface area contributed by atoms with Gasteiger partial charge in [0.1, 0.15) is 6.10 Å². The number of carbonyl (C=O) groups excluding carboxylic acids is 1. The Bertz CT molecular complexity index is 357. The molecule has 1 aromatic heterocycles. The number of rotatable bonds is 4. The predicted octanol–water partition coefficient (Wildman–Crippen LogP) is -0.742. The molecule has 0 aliphatic heterocycles. The third-order valence-electron chi connectivity index (χ3n) is 2.15. The highest BCUT2D eigenvalue weighted by Crippen LogP contribution is 2.24. The fourth-order valence-electron chi connectivity index (χ4n) is 1.34. The molecule has 0 fully saturated rings. The van der Waals surface area contributed by atoms with Crippen LogP contribution in [0.15, 0.2) is 0 Å². The Balaban J connectivity index is 2.85. The number of hydrogen-bond donors (Lipinski definition) is 4. The van der Waals surface area contributed by atoms with E-state index in [1.807, 2.05) is 0 Å². The summed E-state index contributed by atoms with van der Waals surface area (Å²) in [5.74, 6) is -0.844. The normalized spacial score (nSPS) is 14.5. The van der Waals surface area contributed by atoms with E-state index in [0.717, 1.165) is 0 Å². The number of aromatic amines is 1. The van der Waals surface area contributed by atoms with Gasteiger partial charge in [0, 0.05) is 11.3 Å². The summed E-state index contributed by atoms with van der Waals surface area (Å²) < 4.78 is 4.58. The predicted molar refractivity (Wildman–Crippen MR) is 55.3 cm³/mol. The molecule has 0 amide bonds. The van der Waals surface area contributed by atoms with Crippen LogP contribution in [0.4, 0.5) is 5.82 Å². The second-order valence-electron chi connectivity index (χ2n) is 3.29. The molecule has 0 radical (unpaired) electrons. The van der Waals surface area contributed by atoms with Gasteiger partial charge in [0.2, 0.25) is 0 Å². The molecule has 5 N–H and O–H groups in total. The molecule has 1 aromatic rings. The summed E-state index contributed by atoms with van der Waals surface area (Å²) in [6.07, 6.45) is -3.11. The molecular weight excluding hydrogens is 214 g/mol. The highest BCUT2D eigenvalue weighted by Gasteiger charge is 2.30. The van der Waals surface area contributed by atoms with Crippen molar-refractivity contribution < 1.29 is 19.7 Å². The first kappa shape index (κ1) is 12.5. The van der Waals surface area contributed by atoms with Crippen molar-refractivity contribution in [2.75, 3.05) is 12.3 Å². The number of aromatic nitrogens is 2. The van der Waals surface area contributed by atoms with Crippen molar-refractivity contribution in [2.24, 2.45) is 0 Å². The minimum absolute atomic E-state index is 0.0494. The number of nitrogens with two attached hydrogens (primary N) is 1. The number of aliphatic hydroxyl groups excluding tert-OH is 2. The number of hydrogen-bond acceptors (Lipinski definition) is 6. The number of nitrogen functional groups attached to an aromatic ring is 1. The lowest BCUT2D eigenvalue weighted by atomic mass is 10.0. The molecule has 0 bridgehead atoms. The van der Waals surface area contributed by atoms with Crippen LogP contribution in [-0.2, 0) is 9.53 Å². The lowest BCUT2D eigenvalue weighted by molar-refractivity contribution is -0.159. The summed E-state index contributed by atoms with van der Waals surface area (Å²) in [4.78, 5) is 11.2. The number of H-pyrrole nitrogens is 1. The first-order chi connectivity index (χ1) is 7.49. The molecule has 16 heavy (non-hydrogen) atoms. The molecule has 0 aliphatic carbocycles. The molecule has 0 saturated carbocycles. The van der Waals surface area contributed by atoms with Gasteiger partial charge in [-0.05, 0) is 13.8 Å². The Labute approximate surface area is 92.2 Å². The average Bonchev–Trinajstić information content (AvgIpc) is 2.57. The maximum Gasteiger partial charge on any atom is 0.338 e. The van der Waals surface area contributed by atoms with E-state index in [1.165, 1.54) is 0 Å². The molecule has 7 nitrogen and oxygen atoms in total. The van der Waals surface area contributed by atoms with Gasteiger partial charge in [0.25, 0.3) is 0 Å². The summed E-state index contributed by atoms with van der Waals surface area (Å²) in [5.41, 5.74) is 6.19. The van der Waals surface area contributed by atoms with Crippen LogP contribution in [0.1, 0.15) is 24.3 Å². The fraction of sp³-hybridized carbons (Fsp3) is 0.556. The zero-order valence-electron chi connectivity index (χ0n) is 9.10. The number of carbonyl (C=O) groups is 1. The van der Waals surface area contributed by atoms with Crippen molar-refractivity contribution >= 4 is 11.8 Å². The standard InChI is InChI=1S/C9H15N3O4/c1-3-16-9(15)7(14)6(13)5-4(2)11-12-8(5)10/h6-7,13-14H,3H2,1-2H3,(H3,10,11,12). The first-order valence-corrected chi connectivity index (χ1v) is 4.82. The van der Waals surface area contributed by atoms with Gasteiger partial charge in [-0.15, -0.1) is 0 Å². The van der Waals surface area contributed by atoms with Crippen LogP contribution in [0, 0.1) is 6.92 Å². The van der Waals surface area contributed by atoms with Crippen molar-refractivity contribution in [1.29, 1.82) is 0 Å². The van der Waals surface area contributed by atoms with E-state index >= 15 is 0 Å². The Hall–Kier alpha value is -1.60. The molecule has 0 aliphatic rings.